The van der Waals surface area contributed by atoms with Gasteiger partial charge < -0.3 is 4.74 Å². The molecule has 0 aromatic carbocycles. The molecule has 1 atom stereocenters. The molecule has 0 spiro atoms. The molecule has 150 valence electrons. The van der Waals surface area contributed by atoms with Crippen molar-refractivity contribution in [2.45, 2.75) is 130 Å². The summed E-state index contributed by atoms with van der Waals surface area (Å²) < 4.78 is 6.04. The molecule has 25 heavy (non-hydrogen) atoms. The van der Waals surface area contributed by atoms with Crippen LogP contribution in [0.4, 0.5) is 0 Å². The van der Waals surface area contributed by atoms with Crippen LogP contribution in [-0.2, 0) is 4.74 Å². The normalized spacial score (nSPS) is 12.3. The van der Waals surface area contributed by atoms with Crippen molar-refractivity contribution in [1.82, 2.24) is 0 Å². The number of ether oxygens (including phenoxy) is 1. The van der Waals surface area contributed by atoms with Crippen LogP contribution in [-0.4, -0.2) is 6.61 Å². The highest BCUT2D eigenvalue weighted by Crippen LogP contribution is 2.25. The van der Waals surface area contributed by atoms with E-state index in [0.717, 1.165) is 12.4 Å². The van der Waals surface area contributed by atoms with E-state index < -0.39 is 0 Å². The topological polar surface area (TPSA) is 9.23 Å². The van der Waals surface area contributed by atoms with Crippen molar-refractivity contribution >= 4 is 0 Å². The van der Waals surface area contributed by atoms with Gasteiger partial charge in [-0.2, -0.15) is 0 Å². The van der Waals surface area contributed by atoms with E-state index in [9.17, 15) is 0 Å². The van der Waals surface area contributed by atoms with Crippen molar-refractivity contribution in [3.05, 3.63) is 12.3 Å². The molecule has 0 bridgehead atoms. The van der Waals surface area contributed by atoms with E-state index in [4.69, 9.17) is 4.74 Å². The first-order valence-electron chi connectivity index (χ1n) is 11.6. The maximum absolute atomic E-state index is 6.04. The van der Waals surface area contributed by atoms with Crippen LogP contribution >= 0.6 is 0 Å². The fourth-order valence-corrected chi connectivity index (χ4v) is 3.48. The van der Waals surface area contributed by atoms with Crippen molar-refractivity contribution < 1.29 is 4.74 Å². The Labute approximate surface area is 160 Å². The summed E-state index contributed by atoms with van der Waals surface area (Å²) in [5.41, 5.74) is 0. The summed E-state index contributed by atoms with van der Waals surface area (Å²) in [4.78, 5) is 0. The van der Waals surface area contributed by atoms with Gasteiger partial charge in [0.25, 0.3) is 0 Å². The van der Waals surface area contributed by atoms with Crippen LogP contribution in [0.3, 0.4) is 0 Å². The zero-order valence-corrected chi connectivity index (χ0v) is 17.9. The SMILES string of the molecule is C=C(OCCCCCCC)C(CCCCCC)CCCCCCCC. The monoisotopic (exact) mass is 352 g/mol. The Morgan fingerprint density at radius 1 is 0.600 bits per heavy atom. The average Bonchev–Trinajstić information content (AvgIpc) is 2.62. The molecular formula is C24H48O. The number of rotatable bonds is 20. The van der Waals surface area contributed by atoms with Gasteiger partial charge >= 0.3 is 0 Å². The highest BCUT2D eigenvalue weighted by molar-refractivity contribution is 4.91. The Morgan fingerprint density at radius 2 is 1.00 bits per heavy atom. The summed E-state index contributed by atoms with van der Waals surface area (Å²) in [5.74, 6) is 1.68. The van der Waals surface area contributed by atoms with E-state index in [1.807, 2.05) is 0 Å². The zero-order chi connectivity index (χ0) is 18.6. The minimum atomic E-state index is 0.596. The van der Waals surface area contributed by atoms with E-state index in [-0.39, 0.29) is 0 Å². The first-order valence-corrected chi connectivity index (χ1v) is 11.6. The largest absolute Gasteiger partial charge is 0.498 e. The van der Waals surface area contributed by atoms with Crippen LogP contribution in [0.25, 0.3) is 0 Å². The molecular weight excluding hydrogens is 304 g/mol. The second-order valence-electron chi connectivity index (χ2n) is 7.83. The van der Waals surface area contributed by atoms with Gasteiger partial charge in [-0.1, -0.05) is 117 Å². The van der Waals surface area contributed by atoms with Crippen LogP contribution in [0.2, 0.25) is 0 Å². The molecule has 0 aromatic heterocycles. The summed E-state index contributed by atoms with van der Waals surface area (Å²) in [6, 6.07) is 0. The third-order valence-electron chi connectivity index (χ3n) is 5.30. The van der Waals surface area contributed by atoms with E-state index in [2.05, 4.69) is 27.4 Å². The number of allylic oxidation sites excluding steroid dienone is 1. The van der Waals surface area contributed by atoms with E-state index in [0.29, 0.717) is 5.92 Å². The fraction of sp³-hybridized carbons (Fsp3) is 0.917. The molecule has 0 saturated heterocycles. The Morgan fingerprint density at radius 3 is 1.52 bits per heavy atom. The third kappa shape index (κ3) is 16.7. The molecule has 0 N–H and O–H groups in total. The highest BCUT2D eigenvalue weighted by Gasteiger charge is 2.13. The summed E-state index contributed by atoms with van der Waals surface area (Å²) in [6.07, 6.45) is 22.8. The lowest BCUT2D eigenvalue weighted by Crippen LogP contribution is -2.08. The van der Waals surface area contributed by atoms with Crippen molar-refractivity contribution in [1.29, 1.82) is 0 Å². The standard InChI is InChI=1S/C24H48O/c1-5-8-11-14-15-18-21-24(20-17-13-10-7-3)23(4)25-22-19-16-12-9-6-2/h24H,4-22H2,1-3H3. The maximum atomic E-state index is 6.04. The molecule has 0 radical (unpaired) electrons. The van der Waals surface area contributed by atoms with Gasteiger partial charge in [-0.25, -0.2) is 0 Å². The Bertz CT molecular complexity index is 271. The Hall–Kier alpha value is -0.460. The molecule has 1 nitrogen and oxygen atoms in total. The van der Waals surface area contributed by atoms with E-state index in [1.165, 1.54) is 109 Å². The van der Waals surface area contributed by atoms with Crippen molar-refractivity contribution in [3.8, 4) is 0 Å². The first kappa shape index (κ1) is 24.5. The molecule has 0 aliphatic rings. The van der Waals surface area contributed by atoms with Crippen LogP contribution in [0, 0.1) is 5.92 Å². The predicted octanol–water partition coefficient (Wildman–Crippen LogP) is 8.82. The molecule has 0 heterocycles. The van der Waals surface area contributed by atoms with Crippen molar-refractivity contribution in [3.63, 3.8) is 0 Å². The van der Waals surface area contributed by atoms with Crippen LogP contribution in [0.1, 0.15) is 130 Å². The third-order valence-corrected chi connectivity index (χ3v) is 5.30. The molecule has 1 heteroatoms. The molecule has 0 amide bonds. The van der Waals surface area contributed by atoms with Gasteiger partial charge in [0.1, 0.15) is 0 Å². The molecule has 0 saturated carbocycles. The Balaban J connectivity index is 3.97. The van der Waals surface area contributed by atoms with Crippen LogP contribution in [0.5, 0.6) is 0 Å². The van der Waals surface area contributed by atoms with Gasteiger partial charge in [-0.15, -0.1) is 0 Å². The maximum Gasteiger partial charge on any atom is 0.0918 e. The molecule has 0 aliphatic carbocycles. The lowest BCUT2D eigenvalue weighted by atomic mass is 9.93. The van der Waals surface area contributed by atoms with Gasteiger partial charge in [0.15, 0.2) is 0 Å². The quantitative estimate of drug-likeness (QED) is 0.157. The van der Waals surface area contributed by atoms with Crippen LogP contribution < -0.4 is 0 Å². The minimum Gasteiger partial charge on any atom is -0.498 e. The van der Waals surface area contributed by atoms with Crippen molar-refractivity contribution in [2.24, 2.45) is 5.92 Å². The minimum absolute atomic E-state index is 0.596. The van der Waals surface area contributed by atoms with E-state index >= 15 is 0 Å². The number of unbranched alkanes of at least 4 members (excludes halogenated alkanes) is 12. The van der Waals surface area contributed by atoms with Gasteiger partial charge in [-0.3, -0.25) is 0 Å². The molecule has 0 fully saturated rings. The summed E-state index contributed by atoms with van der Waals surface area (Å²) >= 11 is 0. The van der Waals surface area contributed by atoms with Crippen LogP contribution in [0.15, 0.2) is 12.3 Å². The highest BCUT2D eigenvalue weighted by atomic mass is 16.5. The summed E-state index contributed by atoms with van der Waals surface area (Å²) in [5, 5.41) is 0. The van der Waals surface area contributed by atoms with E-state index in [1.54, 1.807) is 0 Å². The lowest BCUT2D eigenvalue weighted by Gasteiger charge is -2.20. The second-order valence-corrected chi connectivity index (χ2v) is 7.83. The van der Waals surface area contributed by atoms with Crippen molar-refractivity contribution in [2.75, 3.05) is 6.61 Å². The van der Waals surface area contributed by atoms with Gasteiger partial charge in [0.2, 0.25) is 0 Å². The zero-order valence-electron chi connectivity index (χ0n) is 17.9. The summed E-state index contributed by atoms with van der Waals surface area (Å²) in [7, 11) is 0. The molecule has 1 unspecified atom stereocenters. The average molecular weight is 353 g/mol. The number of hydrogen-bond donors (Lipinski definition) is 0. The molecule has 0 rings (SSSR count). The fourth-order valence-electron chi connectivity index (χ4n) is 3.48. The Kier molecular flexibility index (Phi) is 19.5. The lowest BCUT2D eigenvalue weighted by molar-refractivity contribution is 0.163. The van der Waals surface area contributed by atoms with Gasteiger partial charge in [0, 0.05) is 5.92 Å². The second kappa shape index (κ2) is 19.9. The van der Waals surface area contributed by atoms with Gasteiger partial charge in [0.05, 0.1) is 12.4 Å². The number of hydrogen-bond acceptors (Lipinski definition) is 1. The summed E-state index contributed by atoms with van der Waals surface area (Å²) in [6.45, 7) is 12.0. The van der Waals surface area contributed by atoms with Gasteiger partial charge in [-0.05, 0) is 19.3 Å². The predicted molar refractivity (Wildman–Crippen MR) is 114 cm³/mol. The molecule has 0 aromatic rings. The smallest absolute Gasteiger partial charge is 0.0918 e. The first-order chi connectivity index (χ1) is 12.3. The molecule has 0 aliphatic heterocycles.